The van der Waals surface area contributed by atoms with Gasteiger partial charge in [-0.15, -0.1) is 5.10 Å². The largest absolute Gasteiger partial charge is 0.452 e. The molecule has 1 heterocycles. The lowest BCUT2D eigenvalue weighted by Gasteiger charge is -2.15. The molecule has 0 saturated carbocycles. The molecule has 1 unspecified atom stereocenters. The number of anilines is 1. The summed E-state index contributed by atoms with van der Waals surface area (Å²) in [7, 11) is 0. The number of carbonyl (C=O) groups excluding carboxylic acids is 3. The third-order valence-corrected chi connectivity index (χ3v) is 4.28. The summed E-state index contributed by atoms with van der Waals surface area (Å²) in [5.74, 6) is -0.839. The number of tetrazole rings is 1. The van der Waals surface area contributed by atoms with E-state index in [9.17, 15) is 14.4 Å². The van der Waals surface area contributed by atoms with Gasteiger partial charge in [-0.05, 0) is 41.8 Å². The minimum Gasteiger partial charge on any atom is -0.452 e. The van der Waals surface area contributed by atoms with Crippen molar-refractivity contribution < 1.29 is 19.1 Å². The molecular formula is C20H28N6O4. The van der Waals surface area contributed by atoms with Gasteiger partial charge in [-0.3, -0.25) is 9.59 Å². The van der Waals surface area contributed by atoms with E-state index >= 15 is 0 Å². The van der Waals surface area contributed by atoms with E-state index < -0.39 is 11.9 Å². The van der Waals surface area contributed by atoms with Crippen LogP contribution in [0, 0.1) is 5.92 Å². The fourth-order valence-electron chi connectivity index (χ4n) is 2.79. The van der Waals surface area contributed by atoms with Crippen LogP contribution in [0.1, 0.15) is 50.4 Å². The molecule has 2 N–H and O–H groups in total. The Morgan fingerprint density at radius 3 is 2.57 bits per heavy atom. The molecule has 30 heavy (non-hydrogen) atoms. The molecule has 0 saturated heterocycles. The second-order valence-corrected chi connectivity index (χ2v) is 7.47. The molecule has 0 aliphatic heterocycles. The Morgan fingerprint density at radius 2 is 1.87 bits per heavy atom. The van der Waals surface area contributed by atoms with Crippen LogP contribution < -0.4 is 10.6 Å². The fraction of sp³-hybridized carbons (Fsp3) is 0.500. The van der Waals surface area contributed by atoms with Crippen molar-refractivity contribution in [2.75, 3.05) is 11.9 Å². The molecule has 0 aliphatic carbocycles. The second kappa shape index (κ2) is 11.6. The molecule has 162 valence electrons. The molecule has 0 bridgehead atoms. The van der Waals surface area contributed by atoms with E-state index in [2.05, 4.69) is 40.0 Å². The van der Waals surface area contributed by atoms with Crippen LogP contribution >= 0.6 is 0 Å². The van der Waals surface area contributed by atoms with Crippen molar-refractivity contribution in [3.8, 4) is 0 Å². The zero-order valence-corrected chi connectivity index (χ0v) is 17.5. The molecule has 0 fully saturated rings. The van der Waals surface area contributed by atoms with Crippen molar-refractivity contribution in [2.24, 2.45) is 5.92 Å². The summed E-state index contributed by atoms with van der Waals surface area (Å²) in [6, 6.07) is 6.42. The normalized spacial score (nSPS) is 11.7. The first kappa shape index (κ1) is 23.0. The lowest BCUT2D eigenvalue weighted by molar-refractivity contribution is -0.125. The maximum absolute atomic E-state index is 12.4. The van der Waals surface area contributed by atoms with Crippen LogP contribution in [0.2, 0.25) is 0 Å². The number of nitrogens with zero attached hydrogens (tertiary/aromatic N) is 4. The van der Waals surface area contributed by atoms with Crippen LogP contribution in [0.15, 0.2) is 30.6 Å². The zero-order chi connectivity index (χ0) is 21.9. The molecule has 1 aromatic heterocycles. The topological polar surface area (TPSA) is 128 Å². The smallest absolute Gasteiger partial charge is 0.340 e. The molecule has 2 aromatic rings. The van der Waals surface area contributed by atoms with Gasteiger partial charge in [-0.2, -0.15) is 0 Å². The molecular weight excluding hydrogens is 388 g/mol. The standard InChI is InChI=1S/C20H28N6O4/c1-14(2)7-6-8-15(3)22-19(28)12-30-20(29)16-9-4-5-10-17(16)23-18(27)11-26-13-21-24-25-26/h4-5,9-10,13-15H,6-8,11-12H2,1-3H3,(H,22,28)(H,23,27). The third kappa shape index (κ3) is 7.98. The lowest BCUT2D eigenvalue weighted by atomic mass is 10.0. The first-order chi connectivity index (χ1) is 14.3. The highest BCUT2D eigenvalue weighted by molar-refractivity contribution is 6.01. The molecule has 2 amide bonds. The monoisotopic (exact) mass is 416 g/mol. The number of hydrogen-bond donors (Lipinski definition) is 2. The van der Waals surface area contributed by atoms with Crippen molar-refractivity contribution in [3.63, 3.8) is 0 Å². The molecule has 10 nitrogen and oxygen atoms in total. The van der Waals surface area contributed by atoms with Crippen molar-refractivity contribution in [3.05, 3.63) is 36.2 Å². The number of aromatic nitrogens is 4. The second-order valence-electron chi connectivity index (χ2n) is 7.47. The van der Waals surface area contributed by atoms with Gasteiger partial charge in [0.25, 0.3) is 5.91 Å². The van der Waals surface area contributed by atoms with Gasteiger partial charge in [0.15, 0.2) is 6.61 Å². The van der Waals surface area contributed by atoms with Crippen molar-refractivity contribution in [1.29, 1.82) is 0 Å². The highest BCUT2D eigenvalue weighted by Crippen LogP contribution is 2.16. The Balaban J connectivity index is 1.83. The molecule has 0 spiro atoms. The minimum absolute atomic E-state index is 0.00722. The van der Waals surface area contributed by atoms with Crippen molar-refractivity contribution in [1.82, 2.24) is 25.5 Å². The number of nitrogens with one attached hydrogen (secondary N) is 2. The molecule has 0 aliphatic rings. The Hall–Kier alpha value is -3.30. The molecule has 1 aromatic carbocycles. The van der Waals surface area contributed by atoms with Crippen LogP contribution in [0.3, 0.4) is 0 Å². The van der Waals surface area contributed by atoms with E-state index in [0.717, 1.165) is 19.3 Å². The number of ether oxygens (including phenoxy) is 1. The van der Waals surface area contributed by atoms with Gasteiger partial charge in [-0.1, -0.05) is 38.8 Å². The van der Waals surface area contributed by atoms with E-state index in [1.165, 1.54) is 17.1 Å². The first-order valence-electron chi connectivity index (χ1n) is 9.91. The van der Waals surface area contributed by atoms with Crippen LogP contribution in [0.5, 0.6) is 0 Å². The van der Waals surface area contributed by atoms with E-state index in [1.54, 1.807) is 18.2 Å². The number of esters is 1. The summed E-state index contributed by atoms with van der Waals surface area (Å²) in [5, 5.41) is 16.0. The summed E-state index contributed by atoms with van der Waals surface area (Å²) in [5.41, 5.74) is 0.434. The van der Waals surface area contributed by atoms with Crippen LogP contribution in [0.4, 0.5) is 5.69 Å². The Bertz CT molecular complexity index is 838. The van der Waals surface area contributed by atoms with Gasteiger partial charge in [-0.25, -0.2) is 9.48 Å². The van der Waals surface area contributed by atoms with Crippen molar-refractivity contribution >= 4 is 23.5 Å². The van der Waals surface area contributed by atoms with Crippen molar-refractivity contribution in [2.45, 2.75) is 52.6 Å². The summed E-state index contributed by atoms with van der Waals surface area (Å²) in [6.07, 6.45) is 4.30. The average molecular weight is 416 g/mol. The van der Waals surface area contributed by atoms with Crippen LogP contribution in [0.25, 0.3) is 0 Å². The third-order valence-electron chi connectivity index (χ3n) is 4.28. The number of benzene rings is 1. The summed E-state index contributed by atoms with van der Waals surface area (Å²) in [4.78, 5) is 36.6. The average Bonchev–Trinajstić information content (AvgIpc) is 3.19. The maximum atomic E-state index is 12.4. The Morgan fingerprint density at radius 1 is 1.10 bits per heavy atom. The molecule has 0 radical (unpaired) electrons. The quantitative estimate of drug-likeness (QED) is 0.535. The number of para-hydroxylation sites is 1. The summed E-state index contributed by atoms with van der Waals surface area (Å²) in [6.45, 7) is 5.76. The van der Waals surface area contributed by atoms with E-state index in [-0.39, 0.29) is 36.4 Å². The zero-order valence-electron chi connectivity index (χ0n) is 17.5. The molecule has 2 rings (SSSR count). The van der Waals surface area contributed by atoms with Gasteiger partial charge in [0.2, 0.25) is 5.91 Å². The molecule has 1 atom stereocenters. The Kier molecular flexibility index (Phi) is 8.92. The van der Waals surface area contributed by atoms with Gasteiger partial charge < -0.3 is 15.4 Å². The highest BCUT2D eigenvalue weighted by atomic mass is 16.5. The minimum atomic E-state index is -0.698. The molecule has 10 heteroatoms. The van der Waals surface area contributed by atoms with Gasteiger partial charge in [0, 0.05) is 6.04 Å². The number of amides is 2. The summed E-state index contributed by atoms with van der Waals surface area (Å²) < 4.78 is 6.37. The van der Waals surface area contributed by atoms with Gasteiger partial charge >= 0.3 is 5.97 Å². The number of hydrogen-bond acceptors (Lipinski definition) is 7. The predicted molar refractivity (Wildman–Crippen MR) is 109 cm³/mol. The summed E-state index contributed by atoms with van der Waals surface area (Å²) >= 11 is 0. The van der Waals surface area contributed by atoms with E-state index in [1.807, 2.05) is 6.92 Å². The first-order valence-corrected chi connectivity index (χ1v) is 9.91. The lowest BCUT2D eigenvalue weighted by Crippen LogP contribution is -2.36. The number of carbonyl (C=O) groups is 3. The van der Waals surface area contributed by atoms with Crippen LogP contribution in [-0.4, -0.2) is 50.6 Å². The maximum Gasteiger partial charge on any atom is 0.340 e. The van der Waals surface area contributed by atoms with E-state index in [4.69, 9.17) is 4.74 Å². The van der Waals surface area contributed by atoms with Gasteiger partial charge in [0.05, 0.1) is 11.3 Å². The SMILES string of the molecule is CC(C)CCCC(C)NC(=O)COC(=O)c1ccccc1NC(=O)Cn1cnnn1. The predicted octanol–water partition coefficient (Wildman–Crippen LogP) is 1.80. The van der Waals surface area contributed by atoms with Gasteiger partial charge in [0.1, 0.15) is 12.9 Å². The van der Waals surface area contributed by atoms with E-state index in [0.29, 0.717) is 5.92 Å². The van der Waals surface area contributed by atoms with Crippen LogP contribution in [-0.2, 0) is 20.9 Å². The highest BCUT2D eigenvalue weighted by Gasteiger charge is 2.17. The Labute approximate surface area is 175 Å². The fourth-order valence-corrected chi connectivity index (χ4v) is 2.79. The number of rotatable bonds is 11.